The molecule has 0 aromatic heterocycles. The van der Waals surface area contributed by atoms with Crippen LogP contribution in [-0.2, 0) is 6.54 Å². The van der Waals surface area contributed by atoms with Gasteiger partial charge in [0.1, 0.15) is 5.82 Å². The number of benzene rings is 2. The van der Waals surface area contributed by atoms with Crippen LogP contribution in [0.5, 0.6) is 0 Å². The van der Waals surface area contributed by atoms with Crippen LogP contribution in [-0.4, -0.2) is 25.7 Å². The van der Waals surface area contributed by atoms with Gasteiger partial charge >= 0.3 is 6.03 Å². The Bertz CT molecular complexity index is 660. The van der Waals surface area contributed by atoms with Gasteiger partial charge in [0.25, 0.3) is 0 Å². The van der Waals surface area contributed by atoms with Gasteiger partial charge in [-0.25, -0.2) is 9.18 Å². The summed E-state index contributed by atoms with van der Waals surface area (Å²) in [5.41, 5.74) is 2.11. The average Bonchev–Trinajstić information content (AvgIpc) is 3.09. The number of anilines is 1. The lowest BCUT2D eigenvalue weighted by Gasteiger charge is -2.19. The second kappa shape index (κ2) is 7.81. The second-order valence-corrected chi connectivity index (χ2v) is 6.13. The third-order valence-corrected chi connectivity index (χ3v) is 4.32. The van der Waals surface area contributed by atoms with E-state index in [1.54, 1.807) is 12.1 Å². The zero-order valence-corrected chi connectivity index (χ0v) is 13.5. The number of hydrogen-bond donors (Lipinski definition) is 2. The van der Waals surface area contributed by atoms with Gasteiger partial charge in [-0.2, -0.15) is 0 Å². The number of carbonyl (C=O) groups is 1. The first kappa shape index (κ1) is 16.3. The first-order chi connectivity index (χ1) is 11.7. The maximum atomic E-state index is 13.0. The van der Waals surface area contributed by atoms with E-state index in [-0.39, 0.29) is 11.8 Å². The largest absolute Gasteiger partial charge is 0.371 e. The highest BCUT2D eigenvalue weighted by atomic mass is 19.1. The number of halogens is 1. The van der Waals surface area contributed by atoms with Crippen molar-refractivity contribution in [1.82, 2.24) is 10.6 Å². The zero-order valence-electron chi connectivity index (χ0n) is 13.5. The molecule has 0 unspecified atom stereocenters. The average molecular weight is 327 g/mol. The molecule has 1 heterocycles. The number of carbonyl (C=O) groups excluding carboxylic acids is 1. The van der Waals surface area contributed by atoms with Crippen LogP contribution in [0, 0.1) is 11.7 Å². The predicted molar refractivity (Wildman–Crippen MR) is 93.4 cm³/mol. The van der Waals surface area contributed by atoms with Crippen molar-refractivity contribution in [3.05, 3.63) is 66.0 Å². The Balaban J connectivity index is 1.39. The van der Waals surface area contributed by atoms with Crippen molar-refractivity contribution in [3.8, 4) is 0 Å². The van der Waals surface area contributed by atoms with Crippen LogP contribution in [0.4, 0.5) is 14.9 Å². The van der Waals surface area contributed by atoms with Crippen molar-refractivity contribution in [2.24, 2.45) is 5.92 Å². The summed E-state index contributed by atoms with van der Waals surface area (Å²) in [5, 5.41) is 5.81. The summed E-state index contributed by atoms with van der Waals surface area (Å²) in [7, 11) is 0. The fourth-order valence-corrected chi connectivity index (χ4v) is 2.96. The molecule has 2 N–H and O–H groups in total. The fourth-order valence-electron chi connectivity index (χ4n) is 2.96. The summed E-state index contributed by atoms with van der Waals surface area (Å²) in [6.45, 7) is 2.99. The molecule has 1 aliphatic rings. The van der Waals surface area contributed by atoms with Crippen LogP contribution in [0.25, 0.3) is 0 Å². The summed E-state index contributed by atoms with van der Waals surface area (Å²) >= 11 is 0. The van der Waals surface area contributed by atoms with E-state index in [1.807, 2.05) is 30.3 Å². The molecule has 1 aliphatic heterocycles. The van der Waals surface area contributed by atoms with Gasteiger partial charge in [0, 0.05) is 31.9 Å². The van der Waals surface area contributed by atoms with Gasteiger partial charge in [-0.05, 0) is 42.2 Å². The van der Waals surface area contributed by atoms with Gasteiger partial charge in [0.2, 0.25) is 0 Å². The summed E-state index contributed by atoms with van der Waals surface area (Å²) < 4.78 is 13.0. The Morgan fingerprint density at radius 2 is 1.83 bits per heavy atom. The van der Waals surface area contributed by atoms with Crippen LogP contribution >= 0.6 is 0 Å². The summed E-state index contributed by atoms with van der Waals surface area (Å²) in [6, 6.07) is 16.3. The lowest BCUT2D eigenvalue weighted by Crippen LogP contribution is -2.38. The summed E-state index contributed by atoms with van der Waals surface area (Å²) in [6.07, 6.45) is 1.02. The van der Waals surface area contributed by atoms with E-state index in [4.69, 9.17) is 0 Å². The zero-order chi connectivity index (χ0) is 16.8. The predicted octanol–water partition coefficient (Wildman–Crippen LogP) is 3.15. The number of amides is 2. The van der Waals surface area contributed by atoms with E-state index in [9.17, 15) is 9.18 Å². The minimum Gasteiger partial charge on any atom is -0.371 e. The molecule has 4 nitrogen and oxygen atoms in total. The van der Waals surface area contributed by atoms with Crippen LogP contribution in [0.3, 0.4) is 0 Å². The van der Waals surface area contributed by atoms with E-state index >= 15 is 0 Å². The Kier molecular flexibility index (Phi) is 5.31. The minimum atomic E-state index is -0.216. The fraction of sp³-hybridized carbons (Fsp3) is 0.316. The molecule has 3 rings (SSSR count). The monoisotopic (exact) mass is 327 g/mol. The minimum absolute atomic E-state index is 0.140. The number of nitrogens with zero attached hydrogens (tertiary/aromatic N) is 1. The lowest BCUT2D eigenvalue weighted by atomic mass is 10.1. The number of nitrogens with one attached hydrogen (secondary N) is 2. The van der Waals surface area contributed by atoms with Gasteiger partial charge in [-0.15, -0.1) is 0 Å². The van der Waals surface area contributed by atoms with Gasteiger partial charge in [-0.1, -0.05) is 30.3 Å². The topological polar surface area (TPSA) is 44.4 Å². The summed E-state index contributed by atoms with van der Waals surface area (Å²) in [4.78, 5) is 14.1. The number of urea groups is 1. The van der Waals surface area contributed by atoms with Crippen LogP contribution in [0.1, 0.15) is 12.0 Å². The third-order valence-electron chi connectivity index (χ3n) is 4.32. The van der Waals surface area contributed by atoms with Crippen molar-refractivity contribution in [2.75, 3.05) is 24.5 Å². The molecule has 1 fully saturated rings. The normalized spacial score (nSPS) is 16.9. The highest BCUT2D eigenvalue weighted by Gasteiger charge is 2.23. The molecule has 1 saturated heterocycles. The van der Waals surface area contributed by atoms with E-state index in [2.05, 4.69) is 15.5 Å². The molecule has 0 bridgehead atoms. The molecule has 5 heteroatoms. The smallest absolute Gasteiger partial charge is 0.315 e. The Labute approximate surface area is 141 Å². The maximum Gasteiger partial charge on any atom is 0.315 e. The number of hydrogen-bond acceptors (Lipinski definition) is 2. The molecule has 0 saturated carbocycles. The van der Waals surface area contributed by atoms with E-state index in [0.29, 0.717) is 19.0 Å². The quantitative estimate of drug-likeness (QED) is 0.886. The molecular weight excluding hydrogens is 305 g/mol. The molecule has 2 amide bonds. The van der Waals surface area contributed by atoms with Crippen LogP contribution in [0.15, 0.2) is 54.6 Å². The Morgan fingerprint density at radius 3 is 2.58 bits per heavy atom. The molecule has 24 heavy (non-hydrogen) atoms. The van der Waals surface area contributed by atoms with Crippen LogP contribution < -0.4 is 15.5 Å². The molecule has 2 aromatic carbocycles. The highest BCUT2D eigenvalue weighted by Crippen LogP contribution is 2.23. The molecule has 126 valence electrons. The molecular formula is C19H22FN3O. The van der Waals surface area contributed by atoms with Crippen molar-refractivity contribution in [3.63, 3.8) is 0 Å². The first-order valence-electron chi connectivity index (χ1n) is 8.27. The van der Waals surface area contributed by atoms with Crippen molar-refractivity contribution >= 4 is 11.7 Å². The molecule has 0 spiro atoms. The molecule has 0 aliphatic carbocycles. The van der Waals surface area contributed by atoms with Crippen molar-refractivity contribution < 1.29 is 9.18 Å². The standard InChI is InChI=1S/C19H22FN3O/c20-17-6-8-18(9-7-17)23-11-10-16(14-23)13-22-19(24)21-12-15-4-2-1-3-5-15/h1-9,16H,10-14H2,(H2,21,22,24)/t16-/m0/s1. The lowest BCUT2D eigenvalue weighted by molar-refractivity contribution is 0.239. The Morgan fingerprint density at radius 1 is 1.08 bits per heavy atom. The van der Waals surface area contributed by atoms with Crippen molar-refractivity contribution in [2.45, 2.75) is 13.0 Å². The SMILES string of the molecule is O=C(NCc1ccccc1)NC[C@@H]1CCN(c2ccc(F)cc2)C1. The maximum absolute atomic E-state index is 13.0. The molecule has 0 radical (unpaired) electrons. The van der Waals surface area contributed by atoms with Gasteiger partial charge in [-0.3, -0.25) is 0 Å². The Hall–Kier alpha value is -2.56. The van der Waals surface area contributed by atoms with Crippen molar-refractivity contribution in [1.29, 1.82) is 0 Å². The van der Waals surface area contributed by atoms with E-state index in [0.717, 1.165) is 30.8 Å². The second-order valence-electron chi connectivity index (χ2n) is 6.13. The molecule has 2 aromatic rings. The van der Waals surface area contributed by atoms with E-state index < -0.39 is 0 Å². The first-order valence-corrected chi connectivity index (χ1v) is 8.27. The summed E-state index contributed by atoms with van der Waals surface area (Å²) in [5.74, 6) is 0.198. The molecule has 1 atom stereocenters. The van der Waals surface area contributed by atoms with Crippen LogP contribution in [0.2, 0.25) is 0 Å². The van der Waals surface area contributed by atoms with Gasteiger partial charge in [0.05, 0.1) is 0 Å². The highest BCUT2D eigenvalue weighted by molar-refractivity contribution is 5.73. The third kappa shape index (κ3) is 4.47. The van der Waals surface area contributed by atoms with E-state index in [1.165, 1.54) is 12.1 Å². The van der Waals surface area contributed by atoms with Gasteiger partial charge in [0.15, 0.2) is 0 Å². The van der Waals surface area contributed by atoms with Gasteiger partial charge < -0.3 is 15.5 Å². The number of rotatable bonds is 5.